The average molecular weight is 205 g/mol. The highest BCUT2D eigenvalue weighted by atomic mass is 16.5. The van der Waals surface area contributed by atoms with E-state index < -0.39 is 12.2 Å². The minimum absolute atomic E-state index is 0.422. The van der Waals surface area contributed by atoms with Crippen molar-refractivity contribution in [2.75, 3.05) is 0 Å². The summed E-state index contributed by atoms with van der Waals surface area (Å²) in [6.07, 6.45) is -0.292. The van der Waals surface area contributed by atoms with Gasteiger partial charge in [-0.15, -0.1) is 0 Å². The summed E-state index contributed by atoms with van der Waals surface area (Å²) in [5.74, 6) is 0.627. The average Bonchev–Trinajstić information content (AvgIpc) is 2.26. The predicted octanol–water partition coefficient (Wildman–Crippen LogP) is 2.42. The van der Waals surface area contributed by atoms with E-state index in [-0.39, 0.29) is 0 Å². The van der Waals surface area contributed by atoms with Crippen LogP contribution in [-0.4, -0.2) is 11.2 Å². The smallest absolute Gasteiger partial charge is 0.184 e. The molecule has 1 unspecified atom stereocenters. The third-order valence-corrected chi connectivity index (χ3v) is 2.13. The first-order valence-electron chi connectivity index (χ1n) is 5.01. The Morgan fingerprint density at radius 3 is 2.80 bits per heavy atom. The molecule has 0 radical (unpaired) electrons. The van der Waals surface area contributed by atoms with E-state index in [4.69, 9.17) is 10.00 Å². The van der Waals surface area contributed by atoms with Crippen LogP contribution in [0, 0.1) is 11.3 Å². The first-order chi connectivity index (χ1) is 7.17. The molecule has 0 saturated carbocycles. The minimum Gasteiger partial charge on any atom is -0.476 e. The second kappa shape index (κ2) is 5.38. The molecule has 0 aliphatic carbocycles. The van der Waals surface area contributed by atoms with Crippen LogP contribution in [0.5, 0.6) is 5.75 Å². The Balaban J connectivity index is 2.78. The van der Waals surface area contributed by atoms with Gasteiger partial charge >= 0.3 is 0 Å². The molecule has 3 nitrogen and oxygen atoms in total. The van der Waals surface area contributed by atoms with Crippen LogP contribution >= 0.6 is 0 Å². The predicted molar refractivity (Wildman–Crippen MR) is 57.4 cm³/mol. The van der Waals surface area contributed by atoms with Crippen molar-refractivity contribution in [3.05, 3.63) is 29.8 Å². The van der Waals surface area contributed by atoms with Gasteiger partial charge in [-0.25, -0.2) is 0 Å². The van der Waals surface area contributed by atoms with Gasteiger partial charge in [0, 0.05) is 0 Å². The fourth-order valence-corrected chi connectivity index (χ4v) is 1.21. The molecule has 15 heavy (non-hydrogen) atoms. The first kappa shape index (κ1) is 11.5. The van der Waals surface area contributed by atoms with Gasteiger partial charge in [-0.2, -0.15) is 5.26 Å². The number of aliphatic hydroxyl groups excluding tert-OH is 1. The zero-order chi connectivity index (χ0) is 11.3. The van der Waals surface area contributed by atoms with Crippen molar-refractivity contribution in [3.63, 3.8) is 0 Å². The van der Waals surface area contributed by atoms with E-state index in [1.807, 2.05) is 19.1 Å². The van der Waals surface area contributed by atoms with Gasteiger partial charge in [0.25, 0.3) is 0 Å². The lowest BCUT2D eigenvalue weighted by Gasteiger charge is -2.12. The summed E-state index contributed by atoms with van der Waals surface area (Å²) < 4.78 is 5.43. The number of hydrogen-bond acceptors (Lipinski definition) is 3. The zero-order valence-electron chi connectivity index (χ0n) is 8.97. The second-order valence-corrected chi connectivity index (χ2v) is 3.39. The molecule has 0 bridgehead atoms. The molecule has 1 aromatic rings. The van der Waals surface area contributed by atoms with Crippen molar-refractivity contribution in [1.82, 2.24) is 0 Å². The van der Waals surface area contributed by atoms with Gasteiger partial charge < -0.3 is 9.84 Å². The Kier molecular flexibility index (Phi) is 4.14. The highest BCUT2D eigenvalue weighted by molar-refractivity contribution is 5.30. The molecule has 0 spiro atoms. The van der Waals surface area contributed by atoms with Crippen LogP contribution in [0.4, 0.5) is 0 Å². The van der Waals surface area contributed by atoms with Gasteiger partial charge in [-0.1, -0.05) is 19.1 Å². The van der Waals surface area contributed by atoms with E-state index in [9.17, 15) is 5.11 Å². The summed E-state index contributed by atoms with van der Waals surface area (Å²) in [6, 6.07) is 9.23. The normalized spacial score (nSPS) is 14.0. The van der Waals surface area contributed by atoms with Gasteiger partial charge in [0.2, 0.25) is 0 Å². The molecule has 0 fully saturated rings. The SMILES string of the molecule is CCC(C#N)Oc1cccc([C@H](C)O)c1. The summed E-state index contributed by atoms with van der Waals surface area (Å²) >= 11 is 0. The number of nitrogens with zero attached hydrogens (tertiary/aromatic N) is 1. The summed E-state index contributed by atoms with van der Waals surface area (Å²) in [4.78, 5) is 0. The van der Waals surface area contributed by atoms with Gasteiger partial charge in [0.15, 0.2) is 6.10 Å². The maximum Gasteiger partial charge on any atom is 0.184 e. The van der Waals surface area contributed by atoms with Crippen LogP contribution in [0.3, 0.4) is 0 Å². The number of rotatable bonds is 4. The first-order valence-corrected chi connectivity index (χ1v) is 5.01. The standard InChI is InChI=1S/C12H15NO2/c1-3-11(8-13)15-12-6-4-5-10(7-12)9(2)14/h4-7,9,11,14H,3H2,1-2H3/t9-,11?/m0/s1. The monoisotopic (exact) mass is 205 g/mol. The molecule has 1 N–H and O–H groups in total. The summed E-state index contributed by atoms with van der Waals surface area (Å²) in [5.41, 5.74) is 0.792. The van der Waals surface area contributed by atoms with E-state index in [0.29, 0.717) is 12.2 Å². The summed E-state index contributed by atoms with van der Waals surface area (Å²) in [6.45, 7) is 3.59. The van der Waals surface area contributed by atoms with Gasteiger partial charge in [-0.3, -0.25) is 0 Å². The van der Waals surface area contributed by atoms with Crippen LogP contribution in [0.15, 0.2) is 24.3 Å². The Bertz CT molecular complexity index is 355. The second-order valence-electron chi connectivity index (χ2n) is 3.39. The molecule has 0 heterocycles. The number of nitriles is 1. The topological polar surface area (TPSA) is 53.2 Å². The largest absolute Gasteiger partial charge is 0.476 e. The van der Waals surface area contributed by atoms with Crippen molar-refractivity contribution in [1.29, 1.82) is 5.26 Å². The van der Waals surface area contributed by atoms with Gasteiger partial charge in [0.1, 0.15) is 11.8 Å². The van der Waals surface area contributed by atoms with Crippen molar-refractivity contribution < 1.29 is 9.84 Å². The van der Waals surface area contributed by atoms with Gasteiger partial charge in [-0.05, 0) is 31.0 Å². The third-order valence-electron chi connectivity index (χ3n) is 2.13. The molecule has 80 valence electrons. The molecule has 2 atom stereocenters. The maximum atomic E-state index is 9.38. The lowest BCUT2D eigenvalue weighted by molar-refractivity contribution is 0.197. The Hall–Kier alpha value is -1.53. The fourth-order valence-electron chi connectivity index (χ4n) is 1.21. The molecule has 3 heteroatoms. The van der Waals surface area contributed by atoms with Crippen LogP contribution in [0.25, 0.3) is 0 Å². The minimum atomic E-state index is -0.518. The van der Waals surface area contributed by atoms with Crippen molar-refractivity contribution in [3.8, 4) is 11.8 Å². The summed E-state index contributed by atoms with van der Waals surface area (Å²) in [7, 11) is 0. The van der Waals surface area contributed by atoms with Crippen molar-refractivity contribution in [2.24, 2.45) is 0 Å². The Morgan fingerprint density at radius 1 is 1.53 bits per heavy atom. The molecule has 0 aliphatic rings. The number of benzene rings is 1. The van der Waals surface area contributed by atoms with Gasteiger partial charge in [0.05, 0.1) is 6.10 Å². The number of aliphatic hydroxyl groups is 1. The van der Waals surface area contributed by atoms with E-state index in [0.717, 1.165) is 5.56 Å². The molecular weight excluding hydrogens is 190 g/mol. The van der Waals surface area contributed by atoms with Crippen LogP contribution < -0.4 is 4.74 Å². The zero-order valence-corrected chi connectivity index (χ0v) is 8.97. The van der Waals surface area contributed by atoms with E-state index in [2.05, 4.69) is 6.07 Å². The van der Waals surface area contributed by atoms with E-state index in [1.165, 1.54) is 0 Å². The molecule has 1 aromatic carbocycles. The summed E-state index contributed by atoms with van der Waals surface area (Å²) in [5, 5.41) is 18.1. The number of hydrogen-bond donors (Lipinski definition) is 1. The highest BCUT2D eigenvalue weighted by Crippen LogP contribution is 2.20. The lowest BCUT2D eigenvalue weighted by atomic mass is 10.1. The molecule has 1 rings (SSSR count). The lowest BCUT2D eigenvalue weighted by Crippen LogP contribution is -2.12. The highest BCUT2D eigenvalue weighted by Gasteiger charge is 2.07. The van der Waals surface area contributed by atoms with Crippen LogP contribution in [0.2, 0.25) is 0 Å². The third kappa shape index (κ3) is 3.26. The van der Waals surface area contributed by atoms with Crippen LogP contribution in [0.1, 0.15) is 31.9 Å². The van der Waals surface area contributed by atoms with E-state index in [1.54, 1.807) is 19.1 Å². The molecule has 0 aromatic heterocycles. The van der Waals surface area contributed by atoms with Crippen molar-refractivity contribution >= 4 is 0 Å². The molecule has 0 amide bonds. The van der Waals surface area contributed by atoms with Crippen LogP contribution in [-0.2, 0) is 0 Å². The Morgan fingerprint density at radius 2 is 2.27 bits per heavy atom. The molecule has 0 aliphatic heterocycles. The Labute approximate surface area is 89.9 Å². The number of ether oxygens (including phenoxy) is 1. The van der Waals surface area contributed by atoms with E-state index >= 15 is 0 Å². The molecule has 0 saturated heterocycles. The maximum absolute atomic E-state index is 9.38. The fraction of sp³-hybridized carbons (Fsp3) is 0.417. The molecular formula is C12H15NO2. The van der Waals surface area contributed by atoms with Crippen molar-refractivity contribution in [2.45, 2.75) is 32.5 Å². The quantitative estimate of drug-likeness (QED) is 0.821.